The second-order valence-corrected chi connectivity index (χ2v) is 6.06. The fraction of sp³-hybridized carbons (Fsp3) is 0.500. The second-order valence-electron chi connectivity index (χ2n) is 4.69. The number of rotatable bonds is 3. The van der Waals surface area contributed by atoms with Crippen LogP contribution in [0.3, 0.4) is 0 Å². The van der Waals surface area contributed by atoms with Gasteiger partial charge in [0, 0.05) is 22.0 Å². The Balaban J connectivity index is 2.25. The zero-order chi connectivity index (χ0) is 13.1. The van der Waals surface area contributed by atoms with E-state index in [9.17, 15) is 4.79 Å². The van der Waals surface area contributed by atoms with Crippen LogP contribution in [0.2, 0.25) is 0 Å². The molecule has 1 saturated carbocycles. The van der Waals surface area contributed by atoms with Crippen molar-refractivity contribution in [3.8, 4) is 0 Å². The molecule has 1 amide bonds. The van der Waals surface area contributed by atoms with Gasteiger partial charge < -0.3 is 4.90 Å². The van der Waals surface area contributed by atoms with Crippen molar-refractivity contribution in [3.05, 3.63) is 28.2 Å². The third-order valence-corrected chi connectivity index (χ3v) is 4.52. The minimum absolute atomic E-state index is 0.118. The quantitative estimate of drug-likeness (QED) is 0.827. The second kappa shape index (κ2) is 6.11. The maximum Gasteiger partial charge on any atom is 0.255 e. The molecule has 0 bridgehead atoms. The van der Waals surface area contributed by atoms with Crippen molar-refractivity contribution in [2.24, 2.45) is 0 Å². The first-order chi connectivity index (χ1) is 8.63. The number of benzene rings is 1. The van der Waals surface area contributed by atoms with Crippen molar-refractivity contribution in [3.63, 3.8) is 0 Å². The Morgan fingerprint density at radius 2 is 2.11 bits per heavy atom. The highest BCUT2D eigenvalue weighted by Gasteiger charge is 2.27. The Kier molecular flexibility index (Phi) is 4.73. The summed E-state index contributed by atoms with van der Waals surface area (Å²) in [5, 5.41) is 0. The van der Waals surface area contributed by atoms with Gasteiger partial charge in [-0.05, 0) is 53.9 Å². The molecule has 1 aromatic rings. The molecule has 18 heavy (non-hydrogen) atoms. The fourth-order valence-corrected chi connectivity index (χ4v) is 3.24. The van der Waals surface area contributed by atoms with Crippen LogP contribution < -0.4 is 0 Å². The lowest BCUT2D eigenvalue weighted by Gasteiger charge is -2.28. The minimum Gasteiger partial charge on any atom is -0.336 e. The van der Waals surface area contributed by atoms with E-state index in [-0.39, 0.29) is 5.91 Å². The van der Waals surface area contributed by atoms with E-state index in [2.05, 4.69) is 35.5 Å². The number of nitrogens with zero attached hydrogens (tertiary/aromatic N) is 1. The van der Waals surface area contributed by atoms with Crippen LogP contribution in [0.15, 0.2) is 27.6 Å². The van der Waals surface area contributed by atoms with Gasteiger partial charge in [-0.25, -0.2) is 0 Å². The molecule has 1 aliphatic carbocycles. The molecule has 0 atom stereocenters. The monoisotopic (exact) mass is 327 g/mol. The molecular formula is C14H18BrNOS. The van der Waals surface area contributed by atoms with Crippen molar-refractivity contribution in [2.45, 2.75) is 43.5 Å². The van der Waals surface area contributed by atoms with Gasteiger partial charge in [0.1, 0.15) is 0 Å². The molecule has 0 heterocycles. The van der Waals surface area contributed by atoms with Crippen molar-refractivity contribution in [1.29, 1.82) is 0 Å². The molecule has 1 aromatic carbocycles. The van der Waals surface area contributed by atoms with Crippen LogP contribution in [-0.4, -0.2) is 23.4 Å². The lowest BCUT2D eigenvalue weighted by atomic mass is 10.1. The zero-order valence-corrected chi connectivity index (χ0v) is 13.0. The number of hydrogen-bond acceptors (Lipinski definition) is 2. The molecule has 2 nitrogen and oxygen atoms in total. The Morgan fingerprint density at radius 3 is 2.72 bits per heavy atom. The van der Waals surface area contributed by atoms with Crippen LogP contribution in [0.1, 0.15) is 43.0 Å². The number of carbonyl (C=O) groups is 1. The predicted octanol–water partition coefficient (Wildman–Crippen LogP) is 4.14. The van der Waals surface area contributed by atoms with E-state index in [1.54, 1.807) is 0 Å². The molecule has 4 heteroatoms. The van der Waals surface area contributed by atoms with Crippen LogP contribution >= 0.6 is 28.6 Å². The van der Waals surface area contributed by atoms with E-state index in [0.29, 0.717) is 6.04 Å². The lowest BCUT2D eigenvalue weighted by Crippen LogP contribution is -2.38. The summed E-state index contributed by atoms with van der Waals surface area (Å²) in [5.41, 5.74) is 0.719. The highest BCUT2D eigenvalue weighted by atomic mass is 79.9. The topological polar surface area (TPSA) is 20.3 Å². The van der Waals surface area contributed by atoms with Crippen molar-refractivity contribution < 1.29 is 4.79 Å². The third-order valence-electron chi connectivity index (χ3n) is 3.55. The van der Waals surface area contributed by atoms with Crippen LogP contribution in [0, 0.1) is 0 Å². The summed E-state index contributed by atoms with van der Waals surface area (Å²) in [4.78, 5) is 15.4. The molecule has 1 fully saturated rings. The van der Waals surface area contributed by atoms with Gasteiger partial charge in [-0.15, -0.1) is 12.6 Å². The molecule has 0 unspecified atom stereocenters. The highest BCUT2D eigenvalue weighted by molar-refractivity contribution is 9.10. The minimum atomic E-state index is 0.118. The first-order valence-electron chi connectivity index (χ1n) is 6.43. The summed E-state index contributed by atoms with van der Waals surface area (Å²) in [6.45, 7) is 2.82. The van der Waals surface area contributed by atoms with Crippen molar-refractivity contribution in [2.75, 3.05) is 6.54 Å². The number of hydrogen-bond donors (Lipinski definition) is 1. The van der Waals surface area contributed by atoms with Gasteiger partial charge in [0.25, 0.3) is 5.91 Å². The standard InChI is InChI=1S/C14H18BrNOS/c1-2-16(10-5-3-4-6-10)14(17)12-9-11(18)7-8-13(12)15/h7-10,18H,2-6H2,1H3. The van der Waals surface area contributed by atoms with Crippen molar-refractivity contribution >= 4 is 34.5 Å². The molecule has 98 valence electrons. The zero-order valence-electron chi connectivity index (χ0n) is 10.5. The van der Waals surface area contributed by atoms with Gasteiger partial charge in [-0.3, -0.25) is 4.79 Å². The van der Waals surface area contributed by atoms with Gasteiger partial charge in [0.15, 0.2) is 0 Å². The Morgan fingerprint density at radius 1 is 1.44 bits per heavy atom. The summed E-state index contributed by atoms with van der Waals surface area (Å²) >= 11 is 7.77. The van der Waals surface area contributed by atoms with E-state index in [1.807, 2.05) is 23.1 Å². The first kappa shape index (κ1) is 13.9. The van der Waals surface area contributed by atoms with Crippen LogP contribution in [0.4, 0.5) is 0 Å². The molecule has 0 aromatic heterocycles. The smallest absolute Gasteiger partial charge is 0.255 e. The average molecular weight is 328 g/mol. The van der Waals surface area contributed by atoms with Crippen molar-refractivity contribution in [1.82, 2.24) is 4.90 Å². The SMILES string of the molecule is CCN(C(=O)c1cc(S)ccc1Br)C1CCCC1. The summed E-state index contributed by atoms with van der Waals surface area (Å²) in [6.07, 6.45) is 4.75. The van der Waals surface area contributed by atoms with E-state index in [1.165, 1.54) is 12.8 Å². The van der Waals surface area contributed by atoms with Gasteiger partial charge in [0.2, 0.25) is 0 Å². The fourth-order valence-electron chi connectivity index (χ4n) is 2.62. The van der Waals surface area contributed by atoms with Gasteiger partial charge >= 0.3 is 0 Å². The van der Waals surface area contributed by atoms with E-state index >= 15 is 0 Å². The number of amides is 1. The number of thiol groups is 1. The van der Waals surface area contributed by atoms with Gasteiger partial charge in [-0.1, -0.05) is 12.8 Å². The Labute approximate surface area is 122 Å². The molecule has 0 spiro atoms. The average Bonchev–Trinajstić information content (AvgIpc) is 2.87. The highest BCUT2D eigenvalue weighted by Crippen LogP contribution is 2.27. The molecule has 2 rings (SSSR count). The van der Waals surface area contributed by atoms with Crippen LogP contribution in [0.25, 0.3) is 0 Å². The third kappa shape index (κ3) is 2.91. The summed E-state index contributed by atoms with van der Waals surface area (Å²) < 4.78 is 0.849. The molecule has 1 aliphatic rings. The molecule has 0 saturated heterocycles. The normalized spacial score (nSPS) is 15.9. The predicted molar refractivity (Wildman–Crippen MR) is 80.4 cm³/mol. The molecule has 0 radical (unpaired) electrons. The maximum absolute atomic E-state index is 12.6. The Bertz CT molecular complexity index is 443. The summed E-state index contributed by atoms with van der Waals surface area (Å²) in [7, 11) is 0. The van der Waals surface area contributed by atoms with Crippen LogP contribution in [-0.2, 0) is 0 Å². The maximum atomic E-state index is 12.6. The van der Waals surface area contributed by atoms with E-state index < -0.39 is 0 Å². The summed E-state index contributed by atoms with van der Waals surface area (Å²) in [6, 6.07) is 6.03. The molecule has 0 aliphatic heterocycles. The van der Waals surface area contributed by atoms with Crippen LogP contribution in [0.5, 0.6) is 0 Å². The Hall–Kier alpha value is -0.480. The van der Waals surface area contributed by atoms with E-state index in [0.717, 1.165) is 34.3 Å². The van der Waals surface area contributed by atoms with Gasteiger partial charge in [0.05, 0.1) is 5.56 Å². The summed E-state index contributed by atoms with van der Waals surface area (Å²) in [5.74, 6) is 0.118. The van der Waals surface area contributed by atoms with Gasteiger partial charge in [-0.2, -0.15) is 0 Å². The first-order valence-corrected chi connectivity index (χ1v) is 7.67. The van der Waals surface area contributed by atoms with E-state index in [4.69, 9.17) is 0 Å². The lowest BCUT2D eigenvalue weighted by molar-refractivity contribution is 0.0692. The number of carbonyl (C=O) groups excluding carboxylic acids is 1. The molecular weight excluding hydrogens is 310 g/mol. The number of halogens is 1. The molecule has 0 N–H and O–H groups in total. The largest absolute Gasteiger partial charge is 0.336 e.